The minimum Gasteiger partial charge on any atom is -0.478 e. The largest absolute Gasteiger partial charge is 0.478 e. The molecule has 3 N–H and O–H groups in total. The molecule has 0 bridgehead atoms. The van der Waals surface area contributed by atoms with Crippen LogP contribution in [-0.4, -0.2) is 30.1 Å². The number of para-hydroxylation sites is 1. The molecule has 180 valence electrons. The van der Waals surface area contributed by atoms with Crippen LogP contribution in [0, 0.1) is 10.1 Å². The van der Waals surface area contributed by atoms with E-state index in [1.165, 1.54) is 36.4 Å². The van der Waals surface area contributed by atoms with Crippen LogP contribution in [0.3, 0.4) is 0 Å². The molecular weight excluding hydrogens is 472 g/mol. The zero-order valence-corrected chi connectivity index (χ0v) is 19.3. The van der Waals surface area contributed by atoms with Gasteiger partial charge in [-0.2, -0.15) is 5.10 Å². The van der Waals surface area contributed by atoms with Crippen LogP contribution in [0.1, 0.15) is 40.7 Å². The Balaban J connectivity index is 1.65. The van der Waals surface area contributed by atoms with Gasteiger partial charge in [-0.15, -0.1) is 0 Å². The maximum Gasteiger partial charge on any atom is 0.337 e. The molecule has 1 aliphatic carbocycles. The highest BCUT2D eigenvalue weighted by Gasteiger charge is 2.23. The molecule has 1 aliphatic rings. The molecule has 4 rings (SSSR count). The van der Waals surface area contributed by atoms with Crippen molar-refractivity contribution in [3.8, 4) is 0 Å². The van der Waals surface area contributed by atoms with Gasteiger partial charge in [0.1, 0.15) is 5.69 Å². The van der Waals surface area contributed by atoms with E-state index in [9.17, 15) is 28.4 Å². The number of hydrazone groups is 1. The number of carbonyl (C=O) groups is 1. The minimum atomic E-state index is -4.30. The van der Waals surface area contributed by atoms with Gasteiger partial charge in [0.05, 0.1) is 26.8 Å². The molecule has 0 amide bonds. The fourth-order valence-electron chi connectivity index (χ4n) is 3.89. The van der Waals surface area contributed by atoms with Gasteiger partial charge in [-0.05, 0) is 55.5 Å². The molecule has 0 aromatic heterocycles. The number of nitro benzene ring substituents is 1. The number of rotatable bonds is 7. The first-order valence-corrected chi connectivity index (χ1v) is 12.3. The molecular formula is C24H22N4O6S. The second kappa shape index (κ2) is 9.94. The minimum absolute atomic E-state index is 0.0362. The van der Waals surface area contributed by atoms with Crippen LogP contribution in [0.15, 0.2) is 76.7 Å². The molecule has 0 fully saturated rings. The molecule has 3 aromatic rings. The van der Waals surface area contributed by atoms with Crippen molar-refractivity contribution >= 4 is 38.8 Å². The van der Waals surface area contributed by atoms with Crippen LogP contribution in [-0.2, 0) is 16.4 Å². The molecule has 0 saturated heterocycles. The van der Waals surface area contributed by atoms with Crippen molar-refractivity contribution in [2.45, 2.75) is 30.6 Å². The predicted octanol–water partition coefficient (Wildman–Crippen LogP) is 4.64. The first kappa shape index (κ1) is 23.9. The summed E-state index contributed by atoms with van der Waals surface area (Å²) >= 11 is 0. The Morgan fingerprint density at radius 3 is 2.46 bits per heavy atom. The predicted molar refractivity (Wildman–Crippen MR) is 131 cm³/mol. The number of aryl methyl sites for hydroxylation is 1. The number of benzene rings is 3. The number of nitrogens with one attached hydrogen (secondary N) is 2. The van der Waals surface area contributed by atoms with Gasteiger partial charge in [-0.1, -0.05) is 36.4 Å². The third kappa shape index (κ3) is 5.30. The first-order chi connectivity index (χ1) is 16.8. The number of aromatic carboxylic acids is 1. The maximum absolute atomic E-state index is 12.9. The zero-order chi connectivity index (χ0) is 25.0. The molecule has 0 aliphatic heterocycles. The quantitative estimate of drug-likeness (QED) is 0.246. The normalized spacial score (nSPS) is 14.6. The Hall–Kier alpha value is -4.25. The molecule has 0 saturated carbocycles. The number of sulfonamides is 1. The van der Waals surface area contributed by atoms with Crippen molar-refractivity contribution in [1.29, 1.82) is 0 Å². The van der Waals surface area contributed by atoms with Gasteiger partial charge in [-0.3, -0.25) is 20.3 Å². The third-order valence-corrected chi connectivity index (χ3v) is 6.99. The van der Waals surface area contributed by atoms with E-state index >= 15 is 0 Å². The van der Waals surface area contributed by atoms with E-state index in [0.29, 0.717) is 6.42 Å². The molecule has 10 nitrogen and oxygen atoms in total. The lowest BCUT2D eigenvalue weighted by Gasteiger charge is -2.12. The van der Waals surface area contributed by atoms with Gasteiger partial charge in [-0.25, -0.2) is 13.2 Å². The van der Waals surface area contributed by atoms with Crippen LogP contribution >= 0.6 is 0 Å². The molecule has 0 atom stereocenters. The fraction of sp³-hybridized carbons (Fsp3) is 0.167. The second-order valence-electron chi connectivity index (χ2n) is 7.93. The lowest BCUT2D eigenvalue weighted by molar-refractivity contribution is -0.384. The maximum atomic E-state index is 12.9. The Kier molecular flexibility index (Phi) is 6.78. The standard InChI is InChI=1S/C24H22N4O6S/c29-24(30)19-10-4-6-12-21(19)27-35(33,34)17-13-14-22(23(15-17)28(31)32)26-25-20-11-5-2-8-16-7-1-3-9-18(16)20/h1,3-4,6-7,9-10,12-15,26-27H,2,5,8,11H2,(H,29,30)/b25-20-. The molecule has 0 spiro atoms. The van der Waals surface area contributed by atoms with Crippen molar-refractivity contribution in [1.82, 2.24) is 0 Å². The number of nitro groups is 1. The highest BCUT2D eigenvalue weighted by Crippen LogP contribution is 2.30. The lowest BCUT2D eigenvalue weighted by Crippen LogP contribution is -2.16. The fourth-order valence-corrected chi connectivity index (χ4v) is 4.99. The summed E-state index contributed by atoms with van der Waals surface area (Å²) in [6.07, 6.45) is 3.58. The van der Waals surface area contributed by atoms with E-state index in [2.05, 4.69) is 15.2 Å². The van der Waals surface area contributed by atoms with E-state index in [-0.39, 0.29) is 21.8 Å². The Bertz CT molecular complexity index is 1440. The van der Waals surface area contributed by atoms with Gasteiger partial charge in [0.25, 0.3) is 15.7 Å². The Morgan fingerprint density at radius 1 is 0.971 bits per heavy atom. The molecule has 0 heterocycles. The summed E-state index contributed by atoms with van der Waals surface area (Å²) < 4.78 is 27.9. The highest BCUT2D eigenvalue weighted by atomic mass is 32.2. The number of anilines is 2. The van der Waals surface area contributed by atoms with Gasteiger partial charge in [0, 0.05) is 11.6 Å². The summed E-state index contributed by atoms with van der Waals surface area (Å²) in [5.41, 5.74) is 4.82. The summed E-state index contributed by atoms with van der Waals surface area (Å²) in [6, 6.07) is 16.7. The first-order valence-electron chi connectivity index (χ1n) is 10.8. The van der Waals surface area contributed by atoms with Crippen LogP contribution in [0.2, 0.25) is 0 Å². The van der Waals surface area contributed by atoms with E-state index in [1.54, 1.807) is 0 Å². The molecule has 0 unspecified atom stereocenters. The average Bonchev–Trinajstić information content (AvgIpc) is 3.04. The van der Waals surface area contributed by atoms with E-state index in [4.69, 9.17) is 0 Å². The number of carboxylic acid groups (broad SMARTS) is 1. The van der Waals surface area contributed by atoms with E-state index < -0.39 is 26.6 Å². The summed E-state index contributed by atoms with van der Waals surface area (Å²) in [7, 11) is -4.30. The Morgan fingerprint density at radius 2 is 1.69 bits per heavy atom. The van der Waals surface area contributed by atoms with Crippen LogP contribution in [0.25, 0.3) is 0 Å². The highest BCUT2D eigenvalue weighted by molar-refractivity contribution is 7.92. The van der Waals surface area contributed by atoms with Crippen molar-refractivity contribution in [2.75, 3.05) is 10.1 Å². The van der Waals surface area contributed by atoms with Gasteiger partial charge in [0.2, 0.25) is 0 Å². The van der Waals surface area contributed by atoms with Crippen molar-refractivity contribution in [2.24, 2.45) is 5.10 Å². The topological polar surface area (TPSA) is 151 Å². The van der Waals surface area contributed by atoms with Crippen molar-refractivity contribution < 1.29 is 23.2 Å². The number of nitrogens with zero attached hydrogens (tertiary/aromatic N) is 2. The van der Waals surface area contributed by atoms with Crippen LogP contribution < -0.4 is 10.1 Å². The van der Waals surface area contributed by atoms with Crippen molar-refractivity contribution in [3.05, 3.63) is 93.5 Å². The smallest absolute Gasteiger partial charge is 0.337 e. The second-order valence-corrected chi connectivity index (χ2v) is 9.61. The number of carboxylic acids is 1. The molecule has 35 heavy (non-hydrogen) atoms. The monoisotopic (exact) mass is 494 g/mol. The molecule has 3 aromatic carbocycles. The number of hydrogen-bond donors (Lipinski definition) is 3. The van der Waals surface area contributed by atoms with Crippen LogP contribution in [0.5, 0.6) is 0 Å². The molecule has 11 heteroatoms. The summed E-state index contributed by atoms with van der Waals surface area (Å²) in [5.74, 6) is -1.31. The summed E-state index contributed by atoms with van der Waals surface area (Å²) in [5, 5.41) is 25.4. The number of fused-ring (bicyclic) bond motifs is 1. The van der Waals surface area contributed by atoms with Crippen molar-refractivity contribution in [3.63, 3.8) is 0 Å². The lowest BCUT2D eigenvalue weighted by atomic mass is 10.0. The third-order valence-electron chi connectivity index (χ3n) is 5.63. The summed E-state index contributed by atoms with van der Waals surface area (Å²) in [6.45, 7) is 0. The van der Waals surface area contributed by atoms with Gasteiger partial charge < -0.3 is 5.11 Å². The molecule has 0 radical (unpaired) electrons. The average molecular weight is 495 g/mol. The van der Waals surface area contributed by atoms with Gasteiger partial charge in [0.15, 0.2) is 0 Å². The zero-order valence-electron chi connectivity index (χ0n) is 18.5. The van der Waals surface area contributed by atoms with Crippen LogP contribution in [0.4, 0.5) is 17.1 Å². The van der Waals surface area contributed by atoms with E-state index in [0.717, 1.165) is 42.2 Å². The van der Waals surface area contributed by atoms with E-state index in [1.807, 2.05) is 24.3 Å². The summed E-state index contributed by atoms with van der Waals surface area (Å²) in [4.78, 5) is 22.0. The SMILES string of the molecule is O=C(O)c1ccccc1NS(=O)(=O)c1ccc(N/N=C2/CCCCc3ccccc32)c([N+](=O)[O-])c1. The van der Waals surface area contributed by atoms with Gasteiger partial charge >= 0.3 is 5.97 Å². The number of hydrogen-bond acceptors (Lipinski definition) is 7. The Labute approximate surface area is 201 Å².